The molecule has 46 heavy (non-hydrogen) atoms. The summed E-state index contributed by atoms with van der Waals surface area (Å²) in [4.78, 5) is 0. The molecule has 2 aliphatic rings. The van der Waals surface area contributed by atoms with E-state index >= 15 is 0 Å². The average Bonchev–Trinajstić information content (AvgIpc) is 3.24. The Bertz CT molecular complexity index is 1610. The van der Waals surface area contributed by atoms with Crippen LogP contribution in [0.2, 0.25) is 0 Å². The van der Waals surface area contributed by atoms with Gasteiger partial charge in [0.05, 0.1) is 11.4 Å². The Balaban J connectivity index is 1.86. The first-order valence-electron chi connectivity index (χ1n) is 17.8. The lowest BCUT2D eigenvalue weighted by Crippen LogP contribution is -2.36. The lowest BCUT2D eigenvalue weighted by molar-refractivity contribution is 0.163. The van der Waals surface area contributed by atoms with Gasteiger partial charge in [0.25, 0.3) is 0 Å². The fraction of sp³-hybridized carbons (Fsp3) is 0.500. The molecule has 2 aliphatic carbocycles. The zero-order chi connectivity index (χ0) is 33.9. The summed E-state index contributed by atoms with van der Waals surface area (Å²) in [6, 6.07) is 20.8. The third kappa shape index (κ3) is 6.10. The van der Waals surface area contributed by atoms with Gasteiger partial charge in [0, 0.05) is 22.5 Å². The van der Waals surface area contributed by atoms with Crippen molar-refractivity contribution in [2.24, 2.45) is 16.7 Å². The fourth-order valence-electron chi connectivity index (χ4n) is 8.02. The van der Waals surface area contributed by atoms with Gasteiger partial charge in [-0.1, -0.05) is 158 Å². The van der Waals surface area contributed by atoms with Crippen LogP contribution in [0.4, 0.5) is 11.4 Å². The van der Waals surface area contributed by atoms with Gasteiger partial charge in [0.1, 0.15) is 0 Å². The molecule has 0 saturated heterocycles. The standard InChI is InChI=1S/C44H60N2/c1-25(2)29-18-15-19-30(26(3)4)39(29)45-41-34-23-17-22-33-37(34)35(24-36(43(9,10)11)38(33)44(12,13)14)42(41)46-40-31(27(5)6)20-16-21-32(40)28(7)8/h15-28,36,38,45-46H,1-14H3/t36-,38-/m1/s1. The molecule has 246 valence electrons. The first kappa shape index (κ1) is 34.1. The molecule has 0 aromatic heterocycles. The highest BCUT2D eigenvalue weighted by Gasteiger charge is 2.46. The highest BCUT2D eigenvalue weighted by Crippen LogP contribution is 2.58. The predicted octanol–water partition coefficient (Wildman–Crippen LogP) is 13.3. The van der Waals surface area contributed by atoms with Gasteiger partial charge in [-0.15, -0.1) is 0 Å². The Morgan fingerprint density at radius 3 is 1.33 bits per heavy atom. The second-order valence-corrected chi connectivity index (χ2v) is 17.3. The zero-order valence-corrected chi connectivity index (χ0v) is 31.2. The van der Waals surface area contributed by atoms with Crippen molar-refractivity contribution in [3.05, 3.63) is 105 Å². The van der Waals surface area contributed by atoms with Crippen molar-refractivity contribution in [1.82, 2.24) is 0 Å². The summed E-state index contributed by atoms with van der Waals surface area (Å²) in [5, 5.41) is 8.36. The second kappa shape index (κ2) is 12.4. The Labute approximate surface area is 281 Å². The van der Waals surface area contributed by atoms with Crippen LogP contribution in [0.15, 0.2) is 66.4 Å². The van der Waals surface area contributed by atoms with E-state index in [1.165, 1.54) is 67.3 Å². The predicted molar refractivity (Wildman–Crippen MR) is 203 cm³/mol. The van der Waals surface area contributed by atoms with Crippen molar-refractivity contribution in [1.29, 1.82) is 0 Å². The first-order valence-corrected chi connectivity index (χ1v) is 17.8. The van der Waals surface area contributed by atoms with Crippen molar-refractivity contribution in [3.63, 3.8) is 0 Å². The Kier molecular flexibility index (Phi) is 9.19. The minimum atomic E-state index is 0.105. The van der Waals surface area contributed by atoms with Crippen LogP contribution in [0.3, 0.4) is 0 Å². The highest BCUT2D eigenvalue weighted by molar-refractivity contribution is 6.07. The van der Waals surface area contributed by atoms with Crippen molar-refractivity contribution >= 4 is 22.6 Å². The molecule has 0 aliphatic heterocycles. The Hall–Kier alpha value is -3.26. The maximum atomic E-state index is 4.19. The molecule has 2 nitrogen and oxygen atoms in total. The van der Waals surface area contributed by atoms with Crippen molar-refractivity contribution in [2.75, 3.05) is 10.6 Å². The van der Waals surface area contributed by atoms with Crippen molar-refractivity contribution in [3.8, 4) is 0 Å². The number of para-hydroxylation sites is 2. The van der Waals surface area contributed by atoms with Crippen molar-refractivity contribution in [2.45, 2.75) is 127 Å². The Morgan fingerprint density at radius 2 is 0.935 bits per heavy atom. The van der Waals surface area contributed by atoms with E-state index in [9.17, 15) is 0 Å². The minimum absolute atomic E-state index is 0.105. The molecule has 0 bridgehead atoms. The van der Waals surface area contributed by atoms with Gasteiger partial charge in [-0.3, -0.25) is 0 Å². The number of rotatable bonds is 8. The summed E-state index contributed by atoms with van der Waals surface area (Å²) in [5.41, 5.74) is 16.2. The van der Waals surface area contributed by atoms with Crippen LogP contribution in [0.25, 0.3) is 11.3 Å². The Morgan fingerprint density at radius 1 is 0.522 bits per heavy atom. The number of hydrogen-bond donors (Lipinski definition) is 2. The van der Waals surface area contributed by atoms with Crippen LogP contribution >= 0.6 is 0 Å². The van der Waals surface area contributed by atoms with E-state index in [4.69, 9.17) is 0 Å². The van der Waals surface area contributed by atoms with Crippen molar-refractivity contribution < 1.29 is 0 Å². The largest absolute Gasteiger partial charge is 0.353 e. The molecule has 2 heteroatoms. The van der Waals surface area contributed by atoms with Gasteiger partial charge in [-0.05, 0) is 79.7 Å². The van der Waals surface area contributed by atoms with Crippen LogP contribution in [-0.2, 0) is 0 Å². The number of anilines is 2. The lowest BCUT2D eigenvalue weighted by Gasteiger charge is -2.46. The first-order chi connectivity index (χ1) is 21.4. The maximum absolute atomic E-state index is 4.19. The maximum Gasteiger partial charge on any atom is 0.0709 e. The summed E-state index contributed by atoms with van der Waals surface area (Å²) in [5.74, 6) is 2.41. The molecule has 5 rings (SSSR count). The van der Waals surface area contributed by atoms with Gasteiger partial charge in [-0.25, -0.2) is 0 Å². The molecule has 2 N–H and O–H groups in total. The third-order valence-electron chi connectivity index (χ3n) is 10.4. The molecule has 0 saturated carbocycles. The topological polar surface area (TPSA) is 24.1 Å². The summed E-state index contributed by atoms with van der Waals surface area (Å²) >= 11 is 0. The van der Waals surface area contributed by atoms with E-state index in [1.54, 1.807) is 0 Å². The molecule has 0 fully saturated rings. The van der Waals surface area contributed by atoms with E-state index in [0.29, 0.717) is 35.5 Å². The van der Waals surface area contributed by atoms with Gasteiger partial charge >= 0.3 is 0 Å². The molecule has 3 aromatic carbocycles. The van der Waals surface area contributed by atoms with Crippen LogP contribution in [-0.4, -0.2) is 0 Å². The van der Waals surface area contributed by atoms with E-state index < -0.39 is 0 Å². The number of nitrogens with one attached hydrogen (secondary N) is 2. The van der Waals surface area contributed by atoms with Gasteiger partial charge in [-0.2, -0.15) is 0 Å². The second-order valence-electron chi connectivity index (χ2n) is 17.3. The van der Waals surface area contributed by atoms with Gasteiger partial charge in [0.15, 0.2) is 0 Å². The molecular weight excluding hydrogens is 556 g/mol. The molecule has 0 amide bonds. The normalized spacial score (nSPS) is 18.2. The van der Waals surface area contributed by atoms with E-state index in [2.05, 4.69) is 168 Å². The summed E-state index contributed by atoms with van der Waals surface area (Å²) in [6.07, 6.45) is 2.64. The SMILES string of the molecule is CC(C)c1cccc(C(C)C)c1NC1=C(Nc2c(C(C)C)cccc2C(C)C)c2cccc3c2C1=C[C@@H](C(C)(C)C)[C@@H]3C(C)(C)C. The molecule has 0 spiro atoms. The van der Waals surface area contributed by atoms with Crippen LogP contribution in [0, 0.1) is 16.7 Å². The quantitative estimate of drug-likeness (QED) is 0.263. The molecular formula is C44H60N2. The molecule has 2 atom stereocenters. The van der Waals surface area contributed by atoms with Crippen LogP contribution in [0.5, 0.6) is 0 Å². The smallest absolute Gasteiger partial charge is 0.0709 e. The van der Waals surface area contributed by atoms with Gasteiger partial charge < -0.3 is 10.6 Å². The molecule has 0 heterocycles. The van der Waals surface area contributed by atoms with E-state index in [1.807, 2.05) is 0 Å². The zero-order valence-electron chi connectivity index (χ0n) is 31.2. The number of allylic oxidation sites excluding steroid dienone is 2. The van der Waals surface area contributed by atoms with Crippen LogP contribution < -0.4 is 10.6 Å². The van der Waals surface area contributed by atoms with Gasteiger partial charge in [0.2, 0.25) is 0 Å². The summed E-state index contributed by atoms with van der Waals surface area (Å²) < 4.78 is 0. The number of hydrogen-bond acceptors (Lipinski definition) is 2. The third-order valence-corrected chi connectivity index (χ3v) is 10.4. The van der Waals surface area contributed by atoms with E-state index in [-0.39, 0.29) is 10.8 Å². The molecule has 0 radical (unpaired) electrons. The highest BCUT2D eigenvalue weighted by atomic mass is 15.0. The fourth-order valence-corrected chi connectivity index (χ4v) is 8.02. The molecule has 3 aromatic rings. The molecule has 0 unspecified atom stereocenters. The minimum Gasteiger partial charge on any atom is -0.353 e. The number of benzene rings is 3. The lowest BCUT2D eigenvalue weighted by atomic mass is 9.58. The average molecular weight is 617 g/mol. The van der Waals surface area contributed by atoms with Crippen LogP contribution in [0.1, 0.15) is 165 Å². The monoisotopic (exact) mass is 616 g/mol. The van der Waals surface area contributed by atoms with E-state index in [0.717, 1.165) is 0 Å². The summed E-state index contributed by atoms with van der Waals surface area (Å²) in [7, 11) is 0. The summed E-state index contributed by atoms with van der Waals surface area (Å²) in [6.45, 7) is 33.1.